The number of hydrogen-bond acceptors (Lipinski definition) is 2. The van der Waals surface area contributed by atoms with Gasteiger partial charge in [0.2, 0.25) is 0 Å². The number of aromatic nitrogens is 1. The Balaban J connectivity index is 2.38. The molecule has 0 bridgehead atoms. The van der Waals surface area contributed by atoms with Crippen LogP contribution in [0.2, 0.25) is 0 Å². The van der Waals surface area contributed by atoms with Crippen molar-refractivity contribution in [1.82, 2.24) is 4.98 Å². The van der Waals surface area contributed by atoms with Crippen LogP contribution < -0.4 is 4.90 Å². The first-order valence-electron chi connectivity index (χ1n) is 6.12. The van der Waals surface area contributed by atoms with Gasteiger partial charge in [0, 0.05) is 18.4 Å². The fraction of sp³-hybridized carbons (Fsp3) is 0.200. The molecule has 3 nitrogen and oxygen atoms in total. The van der Waals surface area contributed by atoms with Gasteiger partial charge >= 0.3 is 0 Å². The number of anilines is 1. The van der Waals surface area contributed by atoms with Crippen molar-refractivity contribution in [1.29, 1.82) is 0 Å². The van der Waals surface area contributed by atoms with Gasteiger partial charge in [0.05, 0.1) is 5.56 Å². The monoisotopic (exact) mass is 318 g/mol. The summed E-state index contributed by atoms with van der Waals surface area (Å²) >= 11 is 3.32. The van der Waals surface area contributed by atoms with Gasteiger partial charge in [0.15, 0.2) is 0 Å². The van der Waals surface area contributed by atoms with Gasteiger partial charge in [-0.1, -0.05) is 12.1 Å². The number of nitrogens with zero attached hydrogens (tertiary/aromatic N) is 2. The Morgan fingerprint density at radius 2 is 2.11 bits per heavy atom. The highest BCUT2D eigenvalue weighted by atomic mass is 79.9. The van der Waals surface area contributed by atoms with Crippen LogP contribution in [-0.2, 0) is 0 Å². The van der Waals surface area contributed by atoms with Gasteiger partial charge in [-0.2, -0.15) is 0 Å². The molecule has 1 aromatic carbocycles. The van der Waals surface area contributed by atoms with E-state index in [4.69, 9.17) is 0 Å². The molecule has 0 atom stereocenters. The van der Waals surface area contributed by atoms with Crippen molar-refractivity contribution in [3.05, 3.63) is 58.3 Å². The van der Waals surface area contributed by atoms with Crippen molar-refractivity contribution >= 4 is 27.5 Å². The molecule has 0 radical (unpaired) electrons. The Bertz CT molecular complexity index is 598. The fourth-order valence-corrected chi connectivity index (χ4v) is 2.35. The molecule has 0 fully saturated rings. The Morgan fingerprint density at radius 3 is 2.74 bits per heavy atom. The molecule has 0 N–H and O–H groups in total. The number of carbonyl (C=O) groups excluding carboxylic acids is 1. The lowest BCUT2D eigenvalue weighted by Crippen LogP contribution is -2.31. The summed E-state index contributed by atoms with van der Waals surface area (Å²) in [5.41, 5.74) is 2.61. The first kappa shape index (κ1) is 13.7. The lowest BCUT2D eigenvalue weighted by molar-refractivity contribution is 0.0987. The molecule has 0 aliphatic carbocycles. The van der Waals surface area contributed by atoms with Crippen LogP contribution in [0.1, 0.15) is 22.8 Å². The van der Waals surface area contributed by atoms with Crippen LogP contribution in [0, 0.1) is 6.92 Å². The van der Waals surface area contributed by atoms with Crippen LogP contribution in [0.4, 0.5) is 5.69 Å². The molecule has 2 rings (SSSR count). The van der Waals surface area contributed by atoms with E-state index < -0.39 is 0 Å². The van der Waals surface area contributed by atoms with E-state index in [0.29, 0.717) is 16.7 Å². The van der Waals surface area contributed by atoms with Gasteiger partial charge in [0.1, 0.15) is 4.60 Å². The summed E-state index contributed by atoms with van der Waals surface area (Å²) in [6.07, 6.45) is 1.66. The molecule has 1 heterocycles. The summed E-state index contributed by atoms with van der Waals surface area (Å²) in [5, 5.41) is 0. The summed E-state index contributed by atoms with van der Waals surface area (Å²) in [6, 6.07) is 11.5. The van der Waals surface area contributed by atoms with Crippen LogP contribution in [0.3, 0.4) is 0 Å². The van der Waals surface area contributed by atoms with Crippen molar-refractivity contribution < 1.29 is 4.79 Å². The van der Waals surface area contributed by atoms with E-state index in [1.165, 1.54) is 0 Å². The van der Waals surface area contributed by atoms with Crippen molar-refractivity contribution in [2.45, 2.75) is 13.8 Å². The molecule has 98 valence electrons. The Morgan fingerprint density at radius 1 is 1.32 bits per heavy atom. The standard InChI is InChI=1S/C15H15BrN2O/c1-3-18(12-7-4-6-11(2)10-12)15(19)13-8-5-9-17-14(13)16/h4-10H,3H2,1-2H3. The molecule has 4 heteroatoms. The molecular formula is C15H15BrN2O. The number of amides is 1. The molecule has 1 amide bonds. The van der Waals surface area contributed by atoms with Gasteiger partial charge in [0.25, 0.3) is 5.91 Å². The van der Waals surface area contributed by atoms with Crippen molar-refractivity contribution in [3.63, 3.8) is 0 Å². The highest BCUT2D eigenvalue weighted by Gasteiger charge is 2.18. The molecule has 1 aromatic heterocycles. The molecular weight excluding hydrogens is 304 g/mol. The molecule has 0 saturated heterocycles. The molecule has 0 aliphatic rings. The van der Waals surface area contributed by atoms with Crippen LogP contribution in [0.5, 0.6) is 0 Å². The number of rotatable bonds is 3. The zero-order valence-electron chi connectivity index (χ0n) is 10.9. The minimum Gasteiger partial charge on any atom is -0.309 e. The maximum atomic E-state index is 12.6. The maximum Gasteiger partial charge on any atom is 0.261 e. The summed E-state index contributed by atoms with van der Waals surface area (Å²) < 4.78 is 0.575. The minimum atomic E-state index is -0.0481. The lowest BCUT2D eigenvalue weighted by atomic mass is 10.2. The van der Waals surface area contributed by atoms with Crippen LogP contribution in [-0.4, -0.2) is 17.4 Å². The second kappa shape index (κ2) is 5.97. The molecule has 0 unspecified atom stereocenters. The number of carbonyl (C=O) groups is 1. The number of halogens is 1. The second-order valence-electron chi connectivity index (χ2n) is 4.23. The maximum absolute atomic E-state index is 12.6. The third-order valence-electron chi connectivity index (χ3n) is 2.86. The van der Waals surface area contributed by atoms with Gasteiger partial charge in [-0.3, -0.25) is 4.79 Å². The molecule has 19 heavy (non-hydrogen) atoms. The van der Waals surface area contributed by atoms with Crippen LogP contribution >= 0.6 is 15.9 Å². The quantitative estimate of drug-likeness (QED) is 0.806. The van der Waals surface area contributed by atoms with Gasteiger partial charge in [-0.05, 0) is 59.6 Å². The molecule has 0 saturated carbocycles. The van der Waals surface area contributed by atoms with E-state index in [-0.39, 0.29) is 5.91 Å². The SMILES string of the molecule is CCN(C(=O)c1cccnc1Br)c1cccc(C)c1. The van der Waals surface area contributed by atoms with E-state index in [1.54, 1.807) is 23.2 Å². The second-order valence-corrected chi connectivity index (χ2v) is 4.98. The normalized spacial score (nSPS) is 10.3. The largest absolute Gasteiger partial charge is 0.309 e. The Hall–Kier alpha value is -1.68. The van der Waals surface area contributed by atoms with Gasteiger partial charge in [-0.25, -0.2) is 4.98 Å². The summed E-state index contributed by atoms with van der Waals surface area (Å²) in [4.78, 5) is 18.4. The van der Waals surface area contributed by atoms with E-state index in [1.807, 2.05) is 38.1 Å². The highest BCUT2D eigenvalue weighted by molar-refractivity contribution is 9.10. The third-order valence-corrected chi connectivity index (χ3v) is 3.50. The average molecular weight is 319 g/mol. The summed E-state index contributed by atoms with van der Waals surface area (Å²) in [6.45, 7) is 4.59. The van der Waals surface area contributed by atoms with E-state index in [9.17, 15) is 4.79 Å². The Kier molecular flexibility index (Phi) is 4.32. The van der Waals surface area contributed by atoms with Gasteiger partial charge < -0.3 is 4.90 Å². The van der Waals surface area contributed by atoms with Crippen LogP contribution in [0.25, 0.3) is 0 Å². The van der Waals surface area contributed by atoms with Crippen LogP contribution in [0.15, 0.2) is 47.2 Å². The number of benzene rings is 1. The fourth-order valence-electron chi connectivity index (χ4n) is 1.93. The van der Waals surface area contributed by atoms with E-state index in [2.05, 4.69) is 20.9 Å². The minimum absolute atomic E-state index is 0.0481. The molecule has 2 aromatic rings. The number of aryl methyl sites for hydroxylation is 1. The predicted molar refractivity (Wildman–Crippen MR) is 80.5 cm³/mol. The molecule has 0 spiro atoms. The zero-order chi connectivity index (χ0) is 13.8. The van der Waals surface area contributed by atoms with Crippen molar-refractivity contribution in [2.24, 2.45) is 0 Å². The molecule has 0 aliphatic heterocycles. The van der Waals surface area contributed by atoms with E-state index in [0.717, 1.165) is 11.3 Å². The van der Waals surface area contributed by atoms with Crippen molar-refractivity contribution in [2.75, 3.05) is 11.4 Å². The highest BCUT2D eigenvalue weighted by Crippen LogP contribution is 2.21. The van der Waals surface area contributed by atoms with E-state index >= 15 is 0 Å². The smallest absolute Gasteiger partial charge is 0.261 e. The Labute approximate surface area is 121 Å². The van der Waals surface area contributed by atoms with Gasteiger partial charge in [-0.15, -0.1) is 0 Å². The average Bonchev–Trinajstić information content (AvgIpc) is 2.40. The number of pyridine rings is 1. The topological polar surface area (TPSA) is 33.2 Å². The predicted octanol–water partition coefficient (Wildman–Crippen LogP) is 3.82. The number of hydrogen-bond donors (Lipinski definition) is 0. The summed E-state index contributed by atoms with van der Waals surface area (Å²) in [7, 11) is 0. The zero-order valence-corrected chi connectivity index (χ0v) is 12.5. The lowest BCUT2D eigenvalue weighted by Gasteiger charge is -2.21. The first-order valence-corrected chi connectivity index (χ1v) is 6.92. The summed E-state index contributed by atoms with van der Waals surface area (Å²) in [5.74, 6) is -0.0481. The first-order chi connectivity index (χ1) is 9.13. The third kappa shape index (κ3) is 3.01. The van der Waals surface area contributed by atoms with Crippen molar-refractivity contribution in [3.8, 4) is 0 Å².